The highest BCUT2D eigenvalue weighted by molar-refractivity contribution is 5.39. The van der Waals surface area contributed by atoms with Crippen molar-refractivity contribution in [2.24, 2.45) is 0 Å². The molecule has 0 aromatic carbocycles. The van der Waals surface area contributed by atoms with Crippen LogP contribution in [0.2, 0.25) is 0 Å². The molecule has 0 saturated heterocycles. The second-order valence-electron chi connectivity index (χ2n) is 2.95. The van der Waals surface area contributed by atoms with Gasteiger partial charge in [0, 0.05) is 6.20 Å². The quantitative estimate of drug-likeness (QED) is 0.680. The number of pyridine rings is 1. The van der Waals surface area contributed by atoms with Gasteiger partial charge in [0.25, 0.3) is 0 Å². The number of anilines is 1. The summed E-state index contributed by atoms with van der Waals surface area (Å²) in [6.45, 7) is 2.08. The van der Waals surface area contributed by atoms with Crippen LogP contribution < -0.4 is 5.32 Å². The summed E-state index contributed by atoms with van der Waals surface area (Å²) in [6.07, 6.45) is 4.88. The first-order chi connectivity index (χ1) is 5.70. The highest BCUT2D eigenvalue weighted by Gasteiger charge is 2.02. The zero-order chi connectivity index (χ0) is 8.97. The van der Waals surface area contributed by atoms with Crippen LogP contribution >= 0.6 is 0 Å². The highest BCUT2D eigenvalue weighted by atomic mass is 15.2. The Balaban J connectivity index is 2.53. The predicted octanol–water partition coefficient (Wildman–Crippen LogP) is 1.20. The van der Waals surface area contributed by atoms with E-state index in [4.69, 9.17) is 0 Å². The molecular weight excluding hydrogens is 150 g/mol. The van der Waals surface area contributed by atoms with Gasteiger partial charge in [-0.15, -0.1) is 0 Å². The van der Waals surface area contributed by atoms with Gasteiger partial charge in [0.2, 0.25) is 0 Å². The van der Waals surface area contributed by atoms with Gasteiger partial charge in [0.15, 0.2) is 0 Å². The molecule has 1 heterocycles. The molecule has 1 aromatic heterocycles. The van der Waals surface area contributed by atoms with Gasteiger partial charge in [-0.3, -0.25) is 9.88 Å². The van der Waals surface area contributed by atoms with Crippen molar-refractivity contribution in [2.75, 3.05) is 19.4 Å². The molecule has 1 N–H and O–H groups in total. The Hall–Kier alpha value is -1.09. The predicted molar refractivity (Wildman–Crippen MR) is 49.8 cm³/mol. The minimum atomic E-state index is 0.297. The van der Waals surface area contributed by atoms with Gasteiger partial charge in [-0.25, -0.2) is 0 Å². The van der Waals surface area contributed by atoms with E-state index in [-0.39, 0.29) is 0 Å². The molecule has 0 aliphatic heterocycles. The monoisotopic (exact) mass is 164 g/mol. The second kappa shape index (κ2) is 4.07. The number of aromatic nitrogens is 1. The fourth-order valence-corrected chi connectivity index (χ4v) is 0.761. The third-order valence-electron chi connectivity index (χ3n) is 1.75. The van der Waals surface area contributed by atoms with Gasteiger partial charge in [0.1, 0.15) is 6.20 Å². The summed E-state index contributed by atoms with van der Waals surface area (Å²) in [7, 11) is 4.04. The van der Waals surface area contributed by atoms with Crippen LogP contribution in [0.25, 0.3) is 0 Å². The third-order valence-corrected chi connectivity index (χ3v) is 1.75. The molecule has 0 amide bonds. The number of hydrogen-bond acceptors (Lipinski definition) is 3. The molecule has 1 atom stereocenters. The van der Waals surface area contributed by atoms with Crippen molar-refractivity contribution in [3.05, 3.63) is 24.5 Å². The molecule has 0 fully saturated rings. The first kappa shape index (κ1) is 9.00. The van der Waals surface area contributed by atoms with Crippen molar-refractivity contribution in [3.8, 4) is 0 Å². The molecular formula is C9H14N3. The van der Waals surface area contributed by atoms with Crippen LogP contribution in [0.4, 0.5) is 5.69 Å². The SMILES string of the molecule is CC(Nc1[c]nccc1)N(C)C. The lowest BCUT2D eigenvalue weighted by atomic mass is 10.4. The molecule has 1 unspecified atom stereocenters. The minimum Gasteiger partial charge on any atom is -0.368 e. The van der Waals surface area contributed by atoms with Gasteiger partial charge < -0.3 is 5.32 Å². The van der Waals surface area contributed by atoms with E-state index in [1.165, 1.54) is 0 Å². The summed E-state index contributed by atoms with van der Waals surface area (Å²) in [5, 5.41) is 3.25. The topological polar surface area (TPSA) is 28.2 Å². The lowest BCUT2D eigenvalue weighted by Crippen LogP contribution is -2.32. The number of nitrogens with zero attached hydrogens (tertiary/aromatic N) is 2. The lowest BCUT2D eigenvalue weighted by Gasteiger charge is -2.21. The van der Waals surface area contributed by atoms with Crippen LogP contribution in [0.3, 0.4) is 0 Å². The maximum Gasteiger partial charge on any atom is 0.114 e. The van der Waals surface area contributed by atoms with Gasteiger partial charge in [-0.1, -0.05) is 0 Å². The first-order valence-electron chi connectivity index (χ1n) is 3.96. The number of hydrogen-bond donors (Lipinski definition) is 1. The Morgan fingerprint density at radius 2 is 2.33 bits per heavy atom. The summed E-state index contributed by atoms with van der Waals surface area (Å²) in [4.78, 5) is 5.98. The Morgan fingerprint density at radius 3 is 2.83 bits per heavy atom. The second-order valence-corrected chi connectivity index (χ2v) is 2.95. The molecule has 65 valence electrons. The first-order valence-corrected chi connectivity index (χ1v) is 3.96. The van der Waals surface area contributed by atoms with Gasteiger partial charge >= 0.3 is 0 Å². The minimum absolute atomic E-state index is 0.297. The molecule has 0 spiro atoms. The Bertz CT molecular complexity index is 220. The van der Waals surface area contributed by atoms with Crippen molar-refractivity contribution in [2.45, 2.75) is 13.1 Å². The van der Waals surface area contributed by atoms with Crippen molar-refractivity contribution in [1.82, 2.24) is 9.88 Å². The van der Waals surface area contributed by atoms with Crippen LogP contribution in [0.5, 0.6) is 0 Å². The highest BCUT2D eigenvalue weighted by Crippen LogP contribution is 2.04. The third kappa shape index (κ3) is 2.51. The van der Waals surface area contributed by atoms with E-state index in [0.717, 1.165) is 5.69 Å². The summed E-state index contributed by atoms with van der Waals surface area (Å²) < 4.78 is 0. The van der Waals surface area contributed by atoms with Crippen LogP contribution in [0.15, 0.2) is 18.3 Å². The lowest BCUT2D eigenvalue weighted by molar-refractivity contribution is 0.343. The van der Waals surface area contributed by atoms with Crippen molar-refractivity contribution in [1.29, 1.82) is 0 Å². The number of nitrogens with one attached hydrogen (secondary N) is 1. The summed E-state index contributed by atoms with van der Waals surface area (Å²) >= 11 is 0. The summed E-state index contributed by atoms with van der Waals surface area (Å²) in [6, 6.07) is 3.84. The maximum absolute atomic E-state index is 3.89. The zero-order valence-electron chi connectivity index (χ0n) is 7.70. The van der Waals surface area contributed by atoms with Crippen LogP contribution in [0, 0.1) is 6.20 Å². The molecule has 12 heavy (non-hydrogen) atoms. The molecule has 1 radical (unpaired) electrons. The van der Waals surface area contributed by atoms with Crippen molar-refractivity contribution >= 4 is 5.69 Å². The number of rotatable bonds is 3. The summed E-state index contributed by atoms with van der Waals surface area (Å²) in [5.41, 5.74) is 0.929. The van der Waals surface area contributed by atoms with Crippen molar-refractivity contribution < 1.29 is 0 Å². The van der Waals surface area contributed by atoms with Crippen LogP contribution in [0.1, 0.15) is 6.92 Å². The van der Waals surface area contributed by atoms with E-state index in [0.29, 0.717) is 6.17 Å². The smallest absolute Gasteiger partial charge is 0.114 e. The Labute approximate surface area is 73.4 Å². The average molecular weight is 164 g/mol. The Morgan fingerprint density at radius 1 is 1.58 bits per heavy atom. The molecule has 0 bridgehead atoms. The molecule has 0 aliphatic rings. The van der Waals surface area contributed by atoms with E-state index >= 15 is 0 Å². The Kier molecular flexibility index (Phi) is 3.05. The maximum atomic E-state index is 3.89. The molecule has 1 rings (SSSR count). The normalized spacial score (nSPS) is 13.0. The fourth-order valence-electron chi connectivity index (χ4n) is 0.761. The average Bonchev–Trinajstić information content (AvgIpc) is 2.06. The molecule has 0 aliphatic carbocycles. The van der Waals surface area contributed by atoms with Crippen molar-refractivity contribution in [3.63, 3.8) is 0 Å². The molecule has 1 aromatic rings. The van der Waals surface area contributed by atoms with Gasteiger partial charge in [-0.2, -0.15) is 0 Å². The zero-order valence-corrected chi connectivity index (χ0v) is 7.70. The van der Waals surface area contributed by atoms with Gasteiger partial charge in [0.05, 0.1) is 11.9 Å². The van der Waals surface area contributed by atoms with Crippen LogP contribution in [-0.2, 0) is 0 Å². The largest absolute Gasteiger partial charge is 0.368 e. The van der Waals surface area contributed by atoms with Crippen LogP contribution in [-0.4, -0.2) is 30.1 Å². The van der Waals surface area contributed by atoms with E-state index in [2.05, 4.69) is 28.3 Å². The fraction of sp³-hybridized carbons (Fsp3) is 0.444. The molecule has 3 nitrogen and oxygen atoms in total. The van der Waals surface area contributed by atoms with E-state index in [9.17, 15) is 0 Å². The summed E-state index contributed by atoms with van der Waals surface area (Å²) in [5.74, 6) is 0. The van der Waals surface area contributed by atoms with E-state index in [1.807, 2.05) is 26.2 Å². The van der Waals surface area contributed by atoms with E-state index in [1.54, 1.807) is 6.20 Å². The van der Waals surface area contributed by atoms with Gasteiger partial charge in [-0.05, 0) is 33.2 Å². The molecule has 0 saturated carbocycles. The van der Waals surface area contributed by atoms with E-state index < -0.39 is 0 Å². The standard InChI is InChI=1S/C9H14N3/c1-8(12(2)3)11-9-5-4-6-10-7-9/h4-6,8,11H,1-3H3. The molecule has 3 heteroatoms.